The number of hydrogen-bond donors (Lipinski definition) is 0. The van der Waals surface area contributed by atoms with E-state index in [0.29, 0.717) is 43.5 Å². The molecule has 4 rings (SSSR count). The number of nitrogens with zero attached hydrogens (tertiary/aromatic N) is 4. The van der Waals surface area contributed by atoms with Gasteiger partial charge < -0.3 is 14.2 Å². The molecule has 0 aliphatic carbocycles. The van der Waals surface area contributed by atoms with Gasteiger partial charge in [-0.05, 0) is 29.7 Å². The number of oxazole rings is 1. The van der Waals surface area contributed by atoms with Crippen LogP contribution in [-0.4, -0.2) is 42.0 Å². The van der Waals surface area contributed by atoms with Crippen LogP contribution < -0.4 is 4.90 Å². The number of aromatic nitrogens is 1. The maximum Gasteiger partial charge on any atom is 0.253 e. The number of carbonyl (C=O) groups is 1. The van der Waals surface area contributed by atoms with Crippen LogP contribution in [0.2, 0.25) is 0 Å². The zero-order valence-corrected chi connectivity index (χ0v) is 15.9. The molecule has 0 atom stereocenters. The fourth-order valence-electron chi connectivity index (χ4n) is 3.10. The van der Waals surface area contributed by atoms with E-state index in [4.69, 9.17) is 4.42 Å². The number of thiophene rings is 1. The minimum atomic E-state index is 0.0258. The summed E-state index contributed by atoms with van der Waals surface area (Å²) < 4.78 is 5.83. The van der Waals surface area contributed by atoms with Crippen molar-refractivity contribution in [2.45, 2.75) is 0 Å². The predicted molar refractivity (Wildman–Crippen MR) is 109 cm³/mol. The lowest BCUT2D eigenvalue weighted by Crippen LogP contribution is -2.48. The molecule has 3 aromatic rings. The fraction of sp³-hybridized carbons (Fsp3) is 0.190. The van der Waals surface area contributed by atoms with Crippen LogP contribution in [0.5, 0.6) is 0 Å². The Morgan fingerprint density at radius 3 is 2.57 bits per heavy atom. The van der Waals surface area contributed by atoms with Gasteiger partial charge in [0, 0.05) is 42.7 Å². The maximum atomic E-state index is 12.6. The van der Waals surface area contributed by atoms with E-state index in [-0.39, 0.29) is 11.6 Å². The molecule has 1 fully saturated rings. The van der Waals surface area contributed by atoms with E-state index in [1.165, 1.54) is 0 Å². The van der Waals surface area contributed by atoms with E-state index in [1.807, 2.05) is 63.7 Å². The molecule has 6 nitrogen and oxygen atoms in total. The average Bonchev–Trinajstić information content (AvgIpc) is 3.42. The fourth-order valence-corrected chi connectivity index (χ4v) is 3.72. The summed E-state index contributed by atoms with van der Waals surface area (Å²) in [6.45, 7) is 2.33. The van der Waals surface area contributed by atoms with E-state index in [1.54, 1.807) is 17.4 Å². The van der Waals surface area contributed by atoms with Crippen LogP contribution in [0.25, 0.3) is 12.2 Å². The molecule has 3 heterocycles. The van der Waals surface area contributed by atoms with Crippen molar-refractivity contribution in [3.05, 3.63) is 69.9 Å². The zero-order chi connectivity index (χ0) is 19.3. The summed E-state index contributed by atoms with van der Waals surface area (Å²) in [4.78, 5) is 21.7. The van der Waals surface area contributed by atoms with Gasteiger partial charge in [0.15, 0.2) is 0 Å². The van der Waals surface area contributed by atoms with Gasteiger partial charge in [-0.25, -0.2) is 0 Å². The second-order valence-electron chi connectivity index (χ2n) is 6.31. The third-order valence-electron chi connectivity index (χ3n) is 4.54. The lowest BCUT2D eigenvalue weighted by Gasteiger charge is -2.34. The summed E-state index contributed by atoms with van der Waals surface area (Å²) in [5, 5.41) is 11.4. The molecule has 1 aliphatic rings. The van der Waals surface area contributed by atoms with E-state index >= 15 is 0 Å². The summed E-state index contributed by atoms with van der Waals surface area (Å²) in [5.41, 5.74) is 0.961. The number of rotatable bonds is 4. The van der Waals surface area contributed by atoms with Gasteiger partial charge in [-0.3, -0.25) is 4.79 Å². The maximum absolute atomic E-state index is 12.6. The van der Waals surface area contributed by atoms with Crippen LogP contribution >= 0.6 is 11.3 Å². The summed E-state index contributed by atoms with van der Waals surface area (Å²) in [5.74, 6) is 0.903. The molecule has 1 aromatic carbocycles. The molecular weight excluding hydrogens is 372 g/mol. The van der Waals surface area contributed by atoms with Gasteiger partial charge in [0.05, 0.1) is 0 Å². The Morgan fingerprint density at radius 2 is 1.89 bits per heavy atom. The van der Waals surface area contributed by atoms with Crippen molar-refractivity contribution in [3.63, 3.8) is 0 Å². The van der Waals surface area contributed by atoms with Crippen LogP contribution in [0.15, 0.2) is 52.3 Å². The van der Waals surface area contributed by atoms with Gasteiger partial charge in [0.2, 0.25) is 17.5 Å². The topological polar surface area (TPSA) is 73.4 Å². The number of benzene rings is 1. The SMILES string of the molecule is N#Cc1nc(C=Cc2cccs2)oc1N1CCN(C(=O)c2ccccc2)CC1. The Balaban J connectivity index is 1.44. The summed E-state index contributed by atoms with van der Waals surface area (Å²) in [7, 11) is 0. The van der Waals surface area contributed by atoms with Crippen molar-refractivity contribution >= 4 is 35.3 Å². The monoisotopic (exact) mass is 390 g/mol. The predicted octanol–water partition coefficient (Wildman–Crippen LogP) is 3.74. The molecule has 28 heavy (non-hydrogen) atoms. The summed E-state index contributed by atoms with van der Waals surface area (Å²) in [6.07, 6.45) is 3.68. The first-order valence-electron chi connectivity index (χ1n) is 8.96. The summed E-state index contributed by atoms with van der Waals surface area (Å²) in [6, 6.07) is 15.4. The smallest absolute Gasteiger partial charge is 0.253 e. The first-order chi connectivity index (χ1) is 13.7. The number of nitriles is 1. The lowest BCUT2D eigenvalue weighted by atomic mass is 10.2. The van der Waals surface area contributed by atoms with E-state index in [2.05, 4.69) is 11.1 Å². The highest BCUT2D eigenvalue weighted by molar-refractivity contribution is 7.10. The molecule has 140 valence electrons. The van der Waals surface area contributed by atoms with Crippen molar-refractivity contribution in [2.24, 2.45) is 0 Å². The van der Waals surface area contributed by atoms with Crippen LogP contribution in [0.3, 0.4) is 0 Å². The molecule has 0 spiro atoms. The van der Waals surface area contributed by atoms with Crippen molar-refractivity contribution in [3.8, 4) is 6.07 Å². The number of carbonyl (C=O) groups excluding carboxylic acids is 1. The number of piperazine rings is 1. The molecule has 1 aliphatic heterocycles. The first-order valence-corrected chi connectivity index (χ1v) is 9.84. The second kappa shape index (κ2) is 8.11. The van der Waals surface area contributed by atoms with Crippen molar-refractivity contribution < 1.29 is 9.21 Å². The summed E-state index contributed by atoms with van der Waals surface area (Å²) >= 11 is 1.62. The van der Waals surface area contributed by atoms with Crippen molar-refractivity contribution in [1.82, 2.24) is 9.88 Å². The molecule has 7 heteroatoms. The minimum Gasteiger partial charge on any atom is -0.420 e. The van der Waals surface area contributed by atoms with Gasteiger partial charge >= 0.3 is 0 Å². The van der Waals surface area contributed by atoms with Crippen LogP contribution in [0.4, 0.5) is 5.88 Å². The number of hydrogen-bond acceptors (Lipinski definition) is 6. The van der Waals surface area contributed by atoms with Gasteiger partial charge in [-0.15, -0.1) is 11.3 Å². The van der Waals surface area contributed by atoms with E-state index in [0.717, 1.165) is 4.88 Å². The second-order valence-corrected chi connectivity index (χ2v) is 7.29. The third-order valence-corrected chi connectivity index (χ3v) is 5.38. The van der Waals surface area contributed by atoms with Gasteiger partial charge in [0.1, 0.15) is 6.07 Å². The highest BCUT2D eigenvalue weighted by Gasteiger charge is 2.26. The quantitative estimate of drug-likeness (QED) is 0.678. The third kappa shape index (κ3) is 3.82. The average molecular weight is 390 g/mol. The van der Waals surface area contributed by atoms with E-state index < -0.39 is 0 Å². The Kier molecular flexibility index (Phi) is 5.22. The number of anilines is 1. The standard InChI is InChI=1S/C21H18N4O2S/c22-15-18-21(27-19(23-18)9-8-17-7-4-14-28-17)25-12-10-24(11-13-25)20(26)16-5-2-1-3-6-16/h1-9,14H,10-13H2. The Hall–Kier alpha value is -3.37. The van der Waals surface area contributed by atoms with Crippen molar-refractivity contribution in [2.75, 3.05) is 31.1 Å². The highest BCUT2D eigenvalue weighted by atomic mass is 32.1. The molecule has 0 unspecified atom stereocenters. The molecule has 1 amide bonds. The molecule has 2 aromatic heterocycles. The Morgan fingerprint density at radius 1 is 1.11 bits per heavy atom. The first kappa shape index (κ1) is 18.0. The molecule has 0 N–H and O–H groups in total. The molecular formula is C21H18N4O2S. The molecule has 0 bridgehead atoms. The zero-order valence-electron chi connectivity index (χ0n) is 15.1. The Bertz CT molecular complexity index is 1010. The Labute approximate surface area is 166 Å². The number of amides is 1. The van der Waals surface area contributed by atoms with Crippen molar-refractivity contribution in [1.29, 1.82) is 5.26 Å². The van der Waals surface area contributed by atoms with Crippen LogP contribution in [0, 0.1) is 11.3 Å². The normalized spacial score (nSPS) is 14.4. The molecule has 0 radical (unpaired) electrons. The van der Waals surface area contributed by atoms with Gasteiger partial charge in [-0.1, -0.05) is 24.3 Å². The van der Waals surface area contributed by atoms with Crippen LogP contribution in [-0.2, 0) is 0 Å². The van der Waals surface area contributed by atoms with Gasteiger partial charge in [-0.2, -0.15) is 10.2 Å². The molecule has 0 saturated carbocycles. The lowest BCUT2D eigenvalue weighted by molar-refractivity contribution is 0.0745. The van der Waals surface area contributed by atoms with Crippen LogP contribution in [0.1, 0.15) is 26.8 Å². The largest absolute Gasteiger partial charge is 0.420 e. The molecule has 1 saturated heterocycles. The van der Waals surface area contributed by atoms with E-state index in [9.17, 15) is 10.1 Å². The highest BCUT2D eigenvalue weighted by Crippen LogP contribution is 2.25. The minimum absolute atomic E-state index is 0.0258. The van der Waals surface area contributed by atoms with Gasteiger partial charge in [0.25, 0.3) is 5.91 Å².